The zero-order chi connectivity index (χ0) is 9.14. The van der Waals surface area contributed by atoms with E-state index in [1.807, 2.05) is 18.4 Å². The second kappa shape index (κ2) is 3.69. The van der Waals surface area contributed by atoms with Gasteiger partial charge in [-0.2, -0.15) is 0 Å². The van der Waals surface area contributed by atoms with Crippen LogP contribution in [0.5, 0.6) is 0 Å². The third kappa shape index (κ3) is 1.84. The smallest absolute Gasteiger partial charge is 0.274 e. The van der Waals surface area contributed by atoms with Gasteiger partial charge in [0.25, 0.3) is 5.91 Å². The van der Waals surface area contributed by atoms with E-state index in [-0.39, 0.29) is 5.91 Å². The maximum absolute atomic E-state index is 11.4. The number of thiophene rings is 1. The molecule has 0 fully saturated rings. The normalized spacial score (nSPS) is 9.92. The quantitative estimate of drug-likeness (QED) is 0.656. The minimum absolute atomic E-state index is 0.101. The Labute approximate surface area is 75.5 Å². The van der Waals surface area contributed by atoms with Crippen molar-refractivity contribution >= 4 is 17.2 Å². The van der Waals surface area contributed by atoms with Crippen molar-refractivity contribution in [2.75, 3.05) is 14.2 Å². The number of amides is 1. The van der Waals surface area contributed by atoms with Gasteiger partial charge in [0.2, 0.25) is 0 Å². The first-order chi connectivity index (χ1) is 5.65. The molecule has 0 unspecified atom stereocenters. The molecule has 0 saturated carbocycles. The van der Waals surface area contributed by atoms with Gasteiger partial charge >= 0.3 is 0 Å². The van der Waals surface area contributed by atoms with Gasteiger partial charge in [0.05, 0.1) is 12.0 Å². The fourth-order valence-electron chi connectivity index (χ4n) is 0.781. The van der Waals surface area contributed by atoms with E-state index in [0.29, 0.717) is 4.88 Å². The molecule has 12 heavy (non-hydrogen) atoms. The van der Waals surface area contributed by atoms with Gasteiger partial charge in [-0.25, -0.2) is 5.06 Å². The molecule has 1 aromatic rings. The molecule has 0 saturated heterocycles. The van der Waals surface area contributed by atoms with Crippen LogP contribution in [0.3, 0.4) is 0 Å². The van der Waals surface area contributed by atoms with Crippen molar-refractivity contribution in [1.82, 2.24) is 5.06 Å². The maximum atomic E-state index is 11.4. The number of nitrogens with zero attached hydrogens (tertiary/aromatic N) is 1. The lowest BCUT2D eigenvalue weighted by molar-refractivity contribution is -0.0753. The molecule has 0 spiro atoms. The van der Waals surface area contributed by atoms with Crippen LogP contribution in [0.4, 0.5) is 0 Å². The van der Waals surface area contributed by atoms with Crippen molar-refractivity contribution < 1.29 is 9.63 Å². The molecule has 1 amide bonds. The number of aryl methyl sites for hydroxylation is 1. The molecule has 1 rings (SSSR count). The zero-order valence-electron chi connectivity index (χ0n) is 7.33. The zero-order valence-corrected chi connectivity index (χ0v) is 8.14. The molecule has 1 heterocycles. The van der Waals surface area contributed by atoms with Crippen molar-refractivity contribution in [3.05, 3.63) is 21.9 Å². The summed E-state index contributed by atoms with van der Waals surface area (Å²) in [6, 6.07) is 1.85. The summed E-state index contributed by atoms with van der Waals surface area (Å²) in [6.45, 7) is 1.96. The van der Waals surface area contributed by atoms with Crippen LogP contribution in [0.25, 0.3) is 0 Å². The van der Waals surface area contributed by atoms with E-state index in [4.69, 9.17) is 4.84 Å². The summed E-state index contributed by atoms with van der Waals surface area (Å²) in [5.41, 5.74) is 1.10. The molecule has 0 aliphatic heterocycles. The van der Waals surface area contributed by atoms with Gasteiger partial charge in [-0.1, -0.05) is 0 Å². The highest BCUT2D eigenvalue weighted by Crippen LogP contribution is 2.15. The fourth-order valence-corrected chi connectivity index (χ4v) is 1.65. The molecule has 0 bridgehead atoms. The van der Waals surface area contributed by atoms with Crippen LogP contribution in [-0.2, 0) is 4.84 Å². The van der Waals surface area contributed by atoms with Gasteiger partial charge in [0, 0.05) is 7.05 Å². The van der Waals surface area contributed by atoms with E-state index in [1.54, 1.807) is 7.05 Å². The summed E-state index contributed by atoms with van der Waals surface area (Å²) < 4.78 is 0. The lowest BCUT2D eigenvalue weighted by atomic mass is 10.3. The van der Waals surface area contributed by atoms with Crippen molar-refractivity contribution in [2.45, 2.75) is 6.92 Å². The molecule has 66 valence electrons. The Bertz CT molecular complexity index is 282. The lowest BCUT2D eigenvalue weighted by Gasteiger charge is -2.11. The summed E-state index contributed by atoms with van der Waals surface area (Å²) >= 11 is 1.43. The molecular weight excluding hydrogens is 174 g/mol. The maximum Gasteiger partial charge on any atom is 0.287 e. The Morgan fingerprint density at radius 3 is 2.75 bits per heavy atom. The summed E-state index contributed by atoms with van der Waals surface area (Å²) in [5.74, 6) is -0.101. The summed E-state index contributed by atoms with van der Waals surface area (Å²) in [5, 5.41) is 3.15. The van der Waals surface area contributed by atoms with Crippen molar-refractivity contribution in [1.29, 1.82) is 0 Å². The first-order valence-electron chi connectivity index (χ1n) is 3.52. The van der Waals surface area contributed by atoms with Gasteiger partial charge in [-0.3, -0.25) is 9.63 Å². The molecule has 0 aliphatic carbocycles. The van der Waals surface area contributed by atoms with E-state index in [1.165, 1.54) is 23.5 Å². The fraction of sp³-hybridized carbons (Fsp3) is 0.375. The summed E-state index contributed by atoms with van der Waals surface area (Å²) in [7, 11) is 3.07. The highest BCUT2D eigenvalue weighted by atomic mass is 32.1. The molecular formula is C8H11NO2S. The van der Waals surface area contributed by atoms with Gasteiger partial charge in [0.15, 0.2) is 0 Å². The predicted octanol–water partition coefficient (Wildman–Crippen LogP) is 1.69. The molecule has 0 N–H and O–H groups in total. The average molecular weight is 185 g/mol. The number of rotatable bonds is 2. The van der Waals surface area contributed by atoms with Gasteiger partial charge in [0.1, 0.15) is 0 Å². The van der Waals surface area contributed by atoms with Crippen LogP contribution in [0, 0.1) is 6.92 Å². The van der Waals surface area contributed by atoms with Crippen LogP contribution in [0.1, 0.15) is 15.2 Å². The number of hydrogen-bond acceptors (Lipinski definition) is 3. The topological polar surface area (TPSA) is 29.5 Å². The molecule has 4 heteroatoms. The Hall–Kier alpha value is -0.870. The van der Waals surface area contributed by atoms with Gasteiger partial charge < -0.3 is 0 Å². The first-order valence-corrected chi connectivity index (χ1v) is 4.40. The van der Waals surface area contributed by atoms with E-state index >= 15 is 0 Å². The second-order valence-corrected chi connectivity index (χ2v) is 3.38. The molecule has 1 aromatic heterocycles. The standard InChI is InChI=1S/C8H11NO2S/c1-6-4-7(12-5-6)8(10)9(2)11-3/h4-5H,1-3H3. The van der Waals surface area contributed by atoms with E-state index in [2.05, 4.69) is 0 Å². The number of carbonyl (C=O) groups is 1. The average Bonchev–Trinajstić information content (AvgIpc) is 2.49. The predicted molar refractivity (Wildman–Crippen MR) is 48.2 cm³/mol. The third-order valence-electron chi connectivity index (χ3n) is 1.50. The second-order valence-electron chi connectivity index (χ2n) is 2.47. The van der Waals surface area contributed by atoms with Crippen LogP contribution >= 0.6 is 11.3 Å². The molecule has 0 aliphatic rings. The van der Waals surface area contributed by atoms with Gasteiger partial charge in [-0.05, 0) is 23.9 Å². The van der Waals surface area contributed by atoms with Crippen LogP contribution in [0.15, 0.2) is 11.4 Å². The highest BCUT2D eigenvalue weighted by molar-refractivity contribution is 7.12. The number of carbonyl (C=O) groups excluding carboxylic acids is 1. The molecule has 0 aromatic carbocycles. The van der Waals surface area contributed by atoms with Crippen LogP contribution in [0.2, 0.25) is 0 Å². The van der Waals surface area contributed by atoms with Crippen molar-refractivity contribution in [3.8, 4) is 0 Å². The van der Waals surface area contributed by atoms with E-state index in [0.717, 1.165) is 5.56 Å². The highest BCUT2D eigenvalue weighted by Gasteiger charge is 2.12. The minimum atomic E-state index is -0.101. The minimum Gasteiger partial charge on any atom is -0.274 e. The third-order valence-corrected chi connectivity index (χ3v) is 2.54. The van der Waals surface area contributed by atoms with Crippen LogP contribution in [-0.4, -0.2) is 25.1 Å². The monoisotopic (exact) mass is 185 g/mol. The Morgan fingerprint density at radius 2 is 2.33 bits per heavy atom. The Kier molecular flexibility index (Phi) is 2.83. The molecule has 0 radical (unpaired) electrons. The first kappa shape index (κ1) is 9.22. The number of hydroxylamine groups is 2. The number of hydrogen-bond donors (Lipinski definition) is 0. The summed E-state index contributed by atoms with van der Waals surface area (Å²) in [6.07, 6.45) is 0. The van der Waals surface area contributed by atoms with E-state index < -0.39 is 0 Å². The lowest BCUT2D eigenvalue weighted by Crippen LogP contribution is -2.24. The largest absolute Gasteiger partial charge is 0.287 e. The molecule has 0 atom stereocenters. The van der Waals surface area contributed by atoms with E-state index in [9.17, 15) is 4.79 Å². The Balaban J connectivity index is 2.78. The Morgan fingerprint density at radius 1 is 1.67 bits per heavy atom. The summed E-state index contributed by atoms with van der Waals surface area (Å²) in [4.78, 5) is 16.9. The molecule has 3 nitrogen and oxygen atoms in total. The van der Waals surface area contributed by atoms with Gasteiger partial charge in [-0.15, -0.1) is 11.3 Å². The van der Waals surface area contributed by atoms with Crippen LogP contribution < -0.4 is 0 Å². The van der Waals surface area contributed by atoms with Crippen molar-refractivity contribution in [3.63, 3.8) is 0 Å². The van der Waals surface area contributed by atoms with Crippen molar-refractivity contribution in [2.24, 2.45) is 0 Å². The SMILES string of the molecule is CON(C)C(=O)c1cc(C)cs1.